The van der Waals surface area contributed by atoms with E-state index >= 15 is 0 Å². The van der Waals surface area contributed by atoms with Crippen LogP contribution in [0.25, 0.3) is 16.9 Å². The summed E-state index contributed by atoms with van der Waals surface area (Å²) in [5.74, 6) is -0.0622. The van der Waals surface area contributed by atoms with Crippen LogP contribution < -0.4 is 5.32 Å². The van der Waals surface area contributed by atoms with Gasteiger partial charge >= 0.3 is 0 Å². The van der Waals surface area contributed by atoms with Gasteiger partial charge in [-0.1, -0.05) is 35.0 Å². The first kappa shape index (κ1) is 18.7. The van der Waals surface area contributed by atoms with Gasteiger partial charge in [-0.3, -0.25) is 9.78 Å². The molecule has 0 aliphatic rings. The quantitative estimate of drug-likeness (QED) is 0.477. The minimum atomic E-state index is -0.203. The van der Waals surface area contributed by atoms with Crippen LogP contribution in [0, 0.1) is 0 Å². The van der Waals surface area contributed by atoms with Crippen molar-refractivity contribution in [1.82, 2.24) is 24.8 Å². The maximum absolute atomic E-state index is 12.2. The lowest BCUT2D eigenvalue weighted by Gasteiger charge is -2.06. The molecule has 140 valence electrons. The third-order valence-corrected chi connectivity index (χ3v) is 5.40. The van der Waals surface area contributed by atoms with Crippen LogP contribution in [0.1, 0.15) is 0 Å². The number of halogens is 2. The normalized spacial score (nSPS) is 10.9. The van der Waals surface area contributed by atoms with E-state index in [-0.39, 0.29) is 11.7 Å². The molecule has 0 radical (unpaired) electrons. The summed E-state index contributed by atoms with van der Waals surface area (Å²) >= 11 is 13.1. The highest BCUT2D eigenvalue weighted by Crippen LogP contribution is 2.25. The van der Waals surface area contributed by atoms with Gasteiger partial charge in [0.2, 0.25) is 11.1 Å². The van der Waals surface area contributed by atoms with E-state index in [0.29, 0.717) is 26.5 Å². The van der Waals surface area contributed by atoms with Crippen molar-refractivity contribution in [2.75, 3.05) is 11.1 Å². The van der Waals surface area contributed by atoms with Crippen LogP contribution >= 0.6 is 35.0 Å². The molecule has 7 nitrogen and oxygen atoms in total. The Morgan fingerprint density at radius 1 is 1.04 bits per heavy atom. The smallest absolute Gasteiger partial charge is 0.234 e. The molecule has 1 N–H and O–H groups in total. The summed E-state index contributed by atoms with van der Waals surface area (Å²) < 4.78 is 1.62. The molecule has 0 spiro atoms. The zero-order chi connectivity index (χ0) is 19.5. The number of nitrogens with one attached hydrogen (secondary N) is 1. The largest absolute Gasteiger partial charge is 0.325 e. The molecule has 0 atom stereocenters. The second-order valence-corrected chi connectivity index (χ2v) is 7.43. The average Bonchev–Trinajstić information content (AvgIpc) is 3.12. The van der Waals surface area contributed by atoms with Gasteiger partial charge in [0.25, 0.3) is 0 Å². The molecular weight excluding hydrogens is 419 g/mol. The molecule has 0 aliphatic carbocycles. The van der Waals surface area contributed by atoms with Crippen molar-refractivity contribution in [3.8, 4) is 11.3 Å². The van der Waals surface area contributed by atoms with Gasteiger partial charge in [0.15, 0.2) is 5.65 Å². The van der Waals surface area contributed by atoms with Gasteiger partial charge in [0.1, 0.15) is 0 Å². The molecule has 3 heterocycles. The monoisotopic (exact) mass is 430 g/mol. The van der Waals surface area contributed by atoms with E-state index in [2.05, 4.69) is 25.6 Å². The Morgan fingerprint density at radius 3 is 2.64 bits per heavy atom. The van der Waals surface area contributed by atoms with Crippen LogP contribution in [-0.2, 0) is 4.79 Å². The molecular formula is C18H12Cl2N6OS. The Labute approximate surface area is 174 Å². The topological polar surface area (TPSA) is 85.1 Å². The Kier molecular flexibility index (Phi) is 5.43. The zero-order valence-corrected chi connectivity index (χ0v) is 16.5. The van der Waals surface area contributed by atoms with Gasteiger partial charge < -0.3 is 5.32 Å². The first-order valence-corrected chi connectivity index (χ1v) is 9.85. The summed E-state index contributed by atoms with van der Waals surface area (Å²) in [6.45, 7) is 0. The average molecular weight is 431 g/mol. The Morgan fingerprint density at radius 2 is 1.86 bits per heavy atom. The van der Waals surface area contributed by atoms with Gasteiger partial charge in [-0.05, 0) is 42.5 Å². The van der Waals surface area contributed by atoms with E-state index in [1.807, 2.05) is 24.3 Å². The fraction of sp³-hybridized carbons (Fsp3) is 0.0556. The van der Waals surface area contributed by atoms with E-state index < -0.39 is 0 Å². The predicted octanol–water partition coefficient (Wildman–Crippen LogP) is 4.22. The molecule has 28 heavy (non-hydrogen) atoms. The molecule has 0 bridgehead atoms. The van der Waals surface area contributed by atoms with Crippen molar-refractivity contribution < 1.29 is 4.79 Å². The number of aromatic nitrogens is 5. The molecule has 3 aromatic heterocycles. The third kappa shape index (κ3) is 4.09. The standard InChI is InChI=1S/C18H12Cl2N6OS/c19-13-2-1-12(9-14(13)20)22-17(27)10-28-18-24-23-16-4-3-15(25-26(16)18)11-5-7-21-8-6-11/h1-9H,10H2,(H,22,27). The SMILES string of the molecule is O=C(CSc1nnc2ccc(-c3ccncc3)nn12)Nc1ccc(Cl)c(Cl)c1. The molecule has 4 aromatic rings. The van der Waals surface area contributed by atoms with E-state index in [9.17, 15) is 4.79 Å². The summed E-state index contributed by atoms with van der Waals surface area (Å²) in [6, 6.07) is 12.4. The summed E-state index contributed by atoms with van der Waals surface area (Å²) in [5.41, 5.74) is 2.87. The fourth-order valence-corrected chi connectivity index (χ4v) is 3.42. The lowest BCUT2D eigenvalue weighted by atomic mass is 10.2. The first-order chi connectivity index (χ1) is 13.6. The van der Waals surface area contributed by atoms with Gasteiger partial charge in [0, 0.05) is 23.6 Å². The number of hydrogen-bond donors (Lipinski definition) is 1. The van der Waals surface area contributed by atoms with Crippen LogP contribution in [0.5, 0.6) is 0 Å². The van der Waals surface area contributed by atoms with Crippen LogP contribution in [0.15, 0.2) is 60.0 Å². The minimum Gasteiger partial charge on any atom is -0.325 e. The Bertz CT molecular complexity index is 1150. The third-order valence-electron chi connectivity index (χ3n) is 3.75. The summed E-state index contributed by atoms with van der Waals surface area (Å²) in [4.78, 5) is 16.2. The van der Waals surface area contributed by atoms with Crippen molar-refractivity contribution in [3.63, 3.8) is 0 Å². The number of thioether (sulfide) groups is 1. The van der Waals surface area contributed by atoms with Crippen molar-refractivity contribution >= 4 is 52.2 Å². The highest BCUT2D eigenvalue weighted by atomic mass is 35.5. The zero-order valence-electron chi connectivity index (χ0n) is 14.2. The van der Waals surface area contributed by atoms with E-state index in [1.54, 1.807) is 35.1 Å². The lowest BCUT2D eigenvalue weighted by molar-refractivity contribution is -0.113. The van der Waals surface area contributed by atoms with Gasteiger partial charge in [-0.2, -0.15) is 9.61 Å². The lowest BCUT2D eigenvalue weighted by Crippen LogP contribution is -2.14. The number of amides is 1. The Balaban J connectivity index is 1.48. The number of rotatable bonds is 5. The van der Waals surface area contributed by atoms with Gasteiger partial charge in [-0.15, -0.1) is 10.2 Å². The second-order valence-electron chi connectivity index (χ2n) is 5.67. The number of fused-ring (bicyclic) bond motifs is 1. The van der Waals surface area contributed by atoms with Gasteiger partial charge in [0.05, 0.1) is 21.5 Å². The summed E-state index contributed by atoms with van der Waals surface area (Å²) in [6.07, 6.45) is 3.41. The number of benzene rings is 1. The van der Waals surface area contributed by atoms with E-state index in [4.69, 9.17) is 23.2 Å². The molecule has 1 amide bonds. The molecule has 0 saturated carbocycles. The molecule has 10 heteroatoms. The molecule has 4 rings (SSSR count). The molecule has 0 saturated heterocycles. The molecule has 0 aliphatic heterocycles. The summed E-state index contributed by atoms with van der Waals surface area (Å²) in [7, 11) is 0. The number of carbonyl (C=O) groups is 1. The maximum Gasteiger partial charge on any atom is 0.234 e. The number of anilines is 1. The number of hydrogen-bond acceptors (Lipinski definition) is 6. The fourth-order valence-electron chi connectivity index (χ4n) is 2.44. The van der Waals surface area contributed by atoms with Crippen molar-refractivity contribution in [2.24, 2.45) is 0 Å². The first-order valence-electron chi connectivity index (χ1n) is 8.11. The van der Waals surface area contributed by atoms with Crippen LogP contribution in [0.2, 0.25) is 10.0 Å². The highest BCUT2D eigenvalue weighted by molar-refractivity contribution is 7.99. The predicted molar refractivity (Wildman–Crippen MR) is 110 cm³/mol. The molecule has 1 aromatic carbocycles. The van der Waals surface area contributed by atoms with Crippen LogP contribution in [-0.4, -0.2) is 36.5 Å². The molecule has 0 unspecified atom stereocenters. The van der Waals surface area contributed by atoms with Gasteiger partial charge in [-0.25, -0.2) is 0 Å². The minimum absolute atomic E-state index is 0.141. The van der Waals surface area contributed by atoms with Crippen molar-refractivity contribution in [3.05, 3.63) is 64.9 Å². The highest BCUT2D eigenvalue weighted by Gasteiger charge is 2.12. The van der Waals surface area contributed by atoms with E-state index in [0.717, 1.165) is 11.3 Å². The molecule has 0 fully saturated rings. The number of carbonyl (C=O) groups excluding carboxylic acids is 1. The number of pyridine rings is 1. The summed E-state index contributed by atoms with van der Waals surface area (Å²) in [5, 5.41) is 16.9. The second kappa shape index (κ2) is 8.14. The van der Waals surface area contributed by atoms with Crippen LogP contribution in [0.3, 0.4) is 0 Å². The number of nitrogens with zero attached hydrogens (tertiary/aromatic N) is 5. The van der Waals surface area contributed by atoms with E-state index in [1.165, 1.54) is 11.8 Å². The Hall–Kier alpha value is -2.68. The maximum atomic E-state index is 12.2. The van der Waals surface area contributed by atoms with Crippen LogP contribution in [0.4, 0.5) is 5.69 Å². The van der Waals surface area contributed by atoms with Crippen molar-refractivity contribution in [1.29, 1.82) is 0 Å². The van der Waals surface area contributed by atoms with Crippen molar-refractivity contribution in [2.45, 2.75) is 5.16 Å².